The first kappa shape index (κ1) is 15.2. The molecule has 6 nitrogen and oxygen atoms in total. The van der Waals surface area contributed by atoms with Crippen LogP contribution in [0.5, 0.6) is 0 Å². The lowest BCUT2D eigenvalue weighted by molar-refractivity contribution is 0.103. The lowest BCUT2D eigenvalue weighted by Gasteiger charge is -2.31. The van der Waals surface area contributed by atoms with Crippen LogP contribution in [-0.2, 0) is 24.4 Å². The molecule has 1 atom stereocenters. The van der Waals surface area contributed by atoms with E-state index in [1.807, 2.05) is 24.6 Å². The molecule has 2 aromatic rings. The maximum absolute atomic E-state index is 5.67. The molecule has 0 fully saturated rings. The zero-order valence-electron chi connectivity index (χ0n) is 13.6. The van der Waals surface area contributed by atoms with Crippen molar-refractivity contribution < 1.29 is 9.26 Å². The summed E-state index contributed by atoms with van der Waals surface area (Å²) in [6.07, 6.45) is 2.16. The fourth-order valence-corrected chi connectivity index (χ4v) is 3.04. The number of nitrogens with zero attached hydrogens (tertiary/aromatic N) is 4. The van der Waals surface area contributed by atoms with Crippen LogP contribution in [0, 0.1) is 6.92 Å². The third kappa shape index (κ3) is 3.23. The van der Waals surface area contributed by atoms with Crippen LogP contribution < -0.4 is 0 Å². The van der Waals surface area contributed by atoms with E-state index in [0.29, 0.717) is 5.92 Å². The topological polar surface area (TPSA) is 56.3 Å². The molecular formula is C16H24N4O2. The molecule has 1 aliphatic heterocycles. The monoisotopic (exact) mass is 304 g/mol. The quantitative estimate of drug-likeness (QED) is 0.820. The Morgan fingerprint density at radius 2 is 2.27 bits per heavy atom. The summed E-state index contributed by atoms with van der Waals surface area (Å²) in [5.41, 5.74) is 3.49. The van der Waals surface area contributed by atoms with Gasteiger partial charge in [0.2, 0.25) is 0 Å². The average molecular weight is 304 g/mol. The molecule has 0 unspecified atom stereocenters. The fraction of sp³-hybridized carbons (Fsp3) is 0.625. The van der Waals surface area contributed by atoms with Gasteiger partial charge in [0.1, 0.15) is 5.76 Å². The molecule has 6 heteroatoms. The van der Waals surface area contributed by atoms with Crippen LogP contribution in [0.4, 0.5) is 0 Å². The van der Waals surface area contributed by atoms with Crippen molar-refractivity contribution >= 4 is 0 Å². The van der Waals surface area contributed by atoms with Gasteiger partial charge in [0.15, 0.2) is 0 Å². The summed E-state index contributed by atoms with van der Waals surface area (Å²) in [6.45, 7) is 11.1. The van der Waals surface area contributed by atoms with E-state index in [2.05, 4.69) is 23.2 Å². The molecule has 0 bridgehead atoms. The van der Waals surface area contributed by atoms with Crippen molar-refractivity contribution in [2.45, 2.75) is 46.3 Å². The Labute approximate surface area is 131 Å². The van der Waals surface area contributed by atoms with Gasteiger partial charge in [-0.2, -0.15) is 5.10 Å². The molecule has 0 spiro atoms. The van der Waals surface area contributed by atoms with Gasteiger partial charge in [0.05, 0.1) is 18.0 Å². The van der Waals surface area contributed by atoms with E-state index in [1.54, 1.807) is 0 Å². The summed E-state index contributed by atoms with van der Waals surface area (Å²) in [5.74, 6) is 1.18. The van der Waals surface area contributed by atoms with Crippen LogP contribution in [0.2, 0.25) is 0 Å². The SMILES string of the molecule is CCOC[C@H]1CN(Cc2cc(C)on2)Cc2cn(CC)nc21. The number of aromatic nitrogens is 3. The Balaban J connectivity index is 1.77. The van der Waals surface area contributed by atoms with E-state index < -0.39 is 0 Å². The Hall–Kier alpha value is -1.66. The Bertz CT molecular complexity index is 619. The third-order valence-electron chi connectivity index (χ3n) is 4.04. The van der Waals surface area contributed by atoms with Gasteiger partial charge < -0.3 is 9.26 Å². The molecule has 0 aliphatic carbocycles. The first-order chi connectivity index (χ1) is 10.7. The molecule has 120 valence electrons. The zero-order chi connectivity index (χ0) is 15.5. The number of rotatable bonds is 6. The van der Waals surface area contributed by atoms with Gasteiger partial charge in [-0.05, 0) is 20.8 Å². The predicted octanol–water partition coefficient (Wildman–Crippen LogP) is 2.34. The molecule has 0 saturated heterocycles. The van der Waals surface area contributed by atoms with E-state index in [0.717, 1.165) is 50.8 Å². The number of ether oxygens (including phenoxy) is 1. The van der Waals surface area contributed by atoms with Crippen molar-refractivity contribution in [2.24, 2.45) is 0 Å². The van der Waals surface area contributed by atoms with Gasteiger partial charge in [-0.25, -0.2) is 0 Å². The third-order valence-corrected chi connectivity index (χ3v) is 4.04. The van der Waals surface area contributed by atoms with Gasteiger partial charge in [0.25, 0.3) is 0 Å². The summed E-state index contributed by atoms with van der Waals surface area (Å²) in [6, 6.07) is 2.00. The number of hydrogen-bond acceptors (Lipinski definition) is 5. The highest BCUT2D eigenvalue weighted by Crippen LogP contribution is 2.28. The van der Waals surface area contributed by atoms with E-state index in [9.17, 15) is 0 Å². The van der Waals surface area contributed by atoms with Gasteiger partial charge in [-0.1, -0.05) is 5.16 Å². The van der Waals surface area contributed by atoms with Crippen LogP contribution in [0.3, 0.4) is 0 Å². The van der Waals surface area contributed by atoms with Gasteiger partial charge in [-0.15, -0.1) is 0 Å². The first-order valence-electron chi connectivity index (χ1n) is 7.98. The summed E-state index contributed by atoms with van der Waals surface area (Å²) < 4.78 is 12.9. The molecule has 2 aromatic heterocycles. The second-order valence-electron chi connectivity index (χ2n) is 5.85. The number of aryl methyl sites for hydroxylation is 2. The molecule has 3 rings (SSSR count). The van der Waals surface area contributed by atoms with Gasteiger partial charge >= 0.3 is 0 Å². The Morgan fingerprint density at radius 1 is 1.41 bits per heavy atom. The lowest BCUT2D eigenvalue weighted by Crippen LogP contribution is -2.35. The van der Waals surface area contributed by atoms with Crippen LogP contribution in [0.15, 0.2) is 16.8 Å². The summed E-state index contributed by atoms with van der Waals surface area (Å²) in [7, 11) is 0. The van der Waals surface area contributed by atoms with Crippen molar-refractivity contribution in [3.63, 3.8) is 0 Å². The van der Waals surface area contributed by atoms with Crippen LogP contribution in [0.25, 0.3) is 0 Å². The average Bonchev–Trinajstić information content (AvgIpc) is 3.10. The largest absolute Gasteiger partial charge is 0.381 e. The van der Waals surface area contributed by atoms with E-state index >= 15 is 0 Å². The lowest BCUT2D eigenvalue weighted by atomic mass is 9.97. The minimum absolute atomic E-state index is 0.324. The summed E-state index contributed by atoms with van der Waals surface area (Å²) in [5, 5.41) is 8.83. The van der Waals surface area contributed by atoms with Crippen LogP contribution in [0.1, 0.15) is 42.5 Å². The van der Waals surface area contributed by atoms with E-state index in [1.165, 1.54) is 11.3 Å². The molecule has 3 heterocycles. The number of fused-ring (bicyclic) bond motifs is 1. The predicted molar refractivity (Wildman–Crippen MR) is 82.5 cm³/mol. The zero-order valence-corrected chi connectivity index (χ0v) is 13.6. The summed E-state index contributed by atoms with van der Waals surface area (Å²) in [4.78, 5) is 2.39. The molecular weight excluding hydrogens is 280 g/mol. The first-order valence-corrected chi connectivity index (χ1v) is 7.98. The van der Waals surface area contributed by atoms with Crippen molar-refractivity contribution in [3.8, 4) is 0 Å². The van der Waals surface area contributed by atoms with Crippen LogP contribution >= 0.6 is 0 Å². The summed E-state index contributed by atoms with van der Waals surface area (Å²) >= 11 is 0. The molecule has 0 amide bonds. The Morgan fingerprint density at radius 3 is 2.95 bits per heavy atom. The highest BCUT2D eigenvalue weighted by molar-refractivity contribution is 5.25. The van der Waals surface area contributed by atoms with Crippen molar-refractivity contribution in [3.05, 3.63) is 35.0 Å². The molecule has 0 aromatic carbocycles. The van der Waals surface area contributed by atoms with Gasteiger partial charge in [-0.3, -0.25) is 9.58 Å². The maximum Gasteiger partial charge on any atom is 0.133 e. The maximum atomic E-state index is 5.67. The second kappa shape index (κ2) is 6.62. The molecule has 0 N–H and O–H groups in total. The van der Waals surface area contributed by atoms with Gasteiger partial charge in [0, 0.05) is 56.5 Å². The fourth-order valence-electron chi connectivity index (χ4n) is 3.04. The van der Waals surface area contributed by atoms with E-state index in [4.69, 9.17) is 14.4 Å². The Kier molecular flexibility index (Phi) is 4.59. The molecule has 0 saturated carbocycles. The molecule has 1 aliphatic rings. The molecule has 0 radical (unpaired) electrons. The second-order valence-corrected chi connectivity index (χ2v) is 5.85. The molecule has 22 heavy (non-hydrogen) atoms. The minimum Gasteiger partial charge on any atom is -0.381 e. The van der Waals surface area contributed by atoms with Crippen molar-refractivity contribution in [2.75, 3.05) is 19.8 Å². The van der Waals surface area contributed by atoms with Crippen molar-refractivity contribution in [1.82, 2.24) is 19.8 Å². The number of hydrogen-bond donors (Lipinski definition) is 0. The standard InChI is InChI=1S/C16H24N4O2/c1-4-20-9-13-7-19(10-15-6-12(3)22-18-15)8-14(11-21-5-2)16(13)17-20/h6,9,14H,4-5,7-8,10-11H2,1-3H3/t14-/m1/s1. The van der Waals surface area contributed by atoms with Crippen molar-refractivity contribution in [1.29, 1.82) is 0 Å². The normalized spacial score (nSPS) is 18.6. The van der Waals surface area contributed by atoms with E-state index in [-0.39, 0.29) is 0 Å². The highest BCUT2D eigenvalue weighted by atomic mass is 16.5. The smallest absolute Gasteiger partial charge is 0.133 e. The van der Waals surface area contributed by atoms with Crippen LogP contribution in [-0.4, -0.2) is 39.6 Å². The highest BCUT2D eigenvalue weighted by Gasteiger charge is 2.29. The minimum atomic E-state index is 0.324.